The third-order valence-electron chi connectivity index (χ3n) is 9.51. The summed E-state index contributed by atoms with van der Waals surface area (Å²) in [5.74, 6) is 8.15. The molecular weight excluding hydrogens is 256 g/mol. The smallest absolute Gasteiger partial charge is 0.139 e. The molecule has 0 aliphatic heterocycles. The van der Waals surface area contributed by atoms with Crippen LogP contribution < -0.4 is 0 Å². The van der Waals surface area contributed by atoms with Gasteiger partial charge in [-0.25, -0.2) is 0 Å². The van der Waals surface area contributed by atoms with Crippen molar-refractivity contribution in [1.29, 1.82) is 0 Å². The fourth-order valence-corrected chi connectivity index (χ4v) is 9.20. The van der Waals surface area contributed by atoms with E-state index < -0.39 is 0 Å². The van der Waals surface area contributed by atoms with E-state index >= 15 is 0 Å². The summed E-state index contributed by atoms with van der Waals surface area (Å²) < 4.78 is 0. The van der Waals surface area contributed by atoms with Gasteiger partial charge in [-0.15, -0.1) is 0 Å². The number of Topliss-reactive ketones (excluding diaryl/α,β-unsaturated/α-hetero) is 1. The average Bonchev–Trinajstić information content (AvgIpc) is 3.22. The SMILES string of the molecule is O=C1C[C@@H]2CC[C@@H]3CC[C@H]([C@@H]32)[C@]12C[C@@H]1CC[C@H]3CC[C@@H]2[C@H]31. The highest BCUT2D eigenvalue weighted by Gasteiger charge is 2.69. The first-order valence-corrected chi connectivity index (χ1v) is 9.82. The van der Waals surface area contributed by atoms with E-state index in [0.29, 0.717) is 0 Å². The summed E-state index contributed by atoms with van der Waals surface area (Å²) in [5, 5.41) is 0. The molecule has 6 rings (SSSR count). The Kier molecular flexibility index (Phi) is 2.18. The maximum absolute atomic E-state index is 13.4. The van der Waals surface area contributed by atoms with Gasteiger partial charge in [-0.2, -0.15) is 0 Å². The second-order valence-electron chi connectivity index (χ2n) is 9.59. The van der Waals surface area contributed by atoms with Crippen molar-refractivity contribution in [2.24, 2.45) is 52.8 Å². The Morgan fingerprint density at radius 2 is 1.19 bits per heavy atom. The van der Waals surface area contributed by atoms with E-state index in [4.69, 9.17) is 0 Å². The van der Waals surface area contributed by atoms with Crippen molar-refractivity contribution >= 4 is 5.78 Å². The molecule has 0 radical (unpaired) electrons. The van der Waals surface area contributed by atoms with E-state index in [2.05, 4.69) is 0 Å². The highest BCUT2D eigenvalue weighted by Crippen LogP contribution is 2.73. The zero-order valence-corrected chi connectivity index (χ0v) is 13.1. The minimum absolute atomic E-state index is 0.199. The first-order chi connectivity index (χ1) is 10.3. The number of carbonyl (C=O) groups is 1. The van der Waals surface area contributed by atoms with E-state index in [1.165, 1.54) is 57.8 Å². The number of carbonyl (C=O) groups excluding carboxylic acids is 1. The van der Waals surface area contributed by atoms with Gasteiger partial charge in [0.25, 0.3) is 0 Å². The van der Waals surface area contributed by atoms with Crippen LogP contribution in [0.5, 0.6) is 0 Å². The molecule has 1 heteroatoms. The quantitative estimate of drug-likeness (QED) is 0.642. The number of hydrogen-bond acceptors (Lipinski definition) is 1. The average molecular weight is 284 g/mol. The van der Waals surface area contributed by atoms with Gasteiger partial charge >= 0.3 is 0 Å². The number of rotatable bonds is 0. The third-order valence-corrected chi connectivity index (χ3v) is 9.51. The van der Waals surface area contributed by atoms with E-state index in [1.807, 2.05) is 0 Å². The summed E-state index contributed by atoms with van der Waals surface area (Å²) in [6.45, 7) is 0. The van der Waals surface area contributed by atoms with Crippen LogP contribution in [-0.2, 0) is 4.79 Å². The lowest BCUT2D eigenvalue weighted by molar-refractivity contribution is -0.144. The minimum atomic E-state index is 0.199. The van der Waals surface area contributed by atoms with E-state index in [-0.39, 0.29) is 5.41 Å². The van der Waals surface area contributed by atoms with Crippen LogP contribution in [0.1, 0.15) is 64.2 Å². The molecule has 6 fully saturated rings. The molecule has 0 aromatic rings. The van der Waals surface area contributed by atoms with Gasteiger partial charge in [0.15, 0.2) is 0 Å². The van der Waals surface area contributed by atoms with Crippen LogP contribution in [0.4, 0.5) is 0 Å². The molecular formula is C20H28O. The fourth-order valence-electron chi connectivity index (χ4n) is 9.20. The van der Waals surface area contributed by atoms with Crippen molar-refractivity contribution in [1.82, 2.24) is 0 Å². The van der Waals surface area contributed by atoms with Gasteiger partial charge in [-0.1, -0.05) is 0 Å². The number of fused-ring (bicyclic) bond motifs is 2. The zero-order chi connectivity index (χ0) is 13.8. The molecule has 0 aromatic heterocycles. The predicted octanol–water partition coefficient (Wildman–Crippen LogP) is 4.45. The van der Waals surface area contributed by atoms with Crippen molar-refractivity contribution in [2.45, 2.75) is 64.2 Å². The molecule has 21 heavy (non-hydrogen) atoms. The molecule has 0 amide bonds. The van der Waals surface area contributed by atoms with Crippen LogP contribution in [0, 0.1) is 52.8 Å². The van der Waals surface area contributed by atoms with Crippen LogP contribution in [0.15, 0.2) is 0 Å². The Hall–Kier alpha value is -0.330. The van der Waals surface area contributed by atoms with Crippen molar-refractivity contribution in [3.8, 4) is 0 Å². The van der Waals surface area contributed by atoms with Gasteiger partial charge in [-0.3, -0.25) is 4.79 Å². The topological polar surface area (TPSA) is 17.1 Å². The maximum Gasteiger partial charge on any atom is 0.139 e. The van der Waals surface area contributed by atoms with E-state index in [0.717, 1.165) is 59.5 Å². The molecule has 6 saturated carbocycles. The normalized spacial score (nSPS) is 63.5. The number of ketones is 1. The maximum atomic E-state index is 13.4. The second kappa shape index (κ2) is 3.77. The Morgan fingerprint density at radius 3 is 1.90 bits per heavy atom. The summed E-state index contributed by atoms with van der Waals surface area (Å²) in [6.07, 6.45) is 13.9. The molecule has 0 bridgehead atoms. The van der Waals surface area contributed by atoms with Crippen LogP contribution in [-0.4, -0.2) is 5.78 Å². The molecule has 1 spiro atoms. The lowest BCUT2D eigenvalue weighted by Crippen LogP contribution is -2.50. The summed E-state index contributed by atoms with van der Waals surface area (Å²) >= 11 is 0. The molecule has 9 atom stereocenters. The Morgan fingerprint density at radius 1 is 0.667 bits per heavy atom. The Labute approximate surface area is 128 Å². The summed E-state index contributed by atoms with van der Waals surface area (Å²) in [5.41, 5.74) is 0.199. The van der Waals surface area contributed by atoms with E-state index in [1.54, 1.807) is 0 Å². The van der Waals surface area contributed by atoms with Gasteiger partial charge < -0.3 is 0 Å². The Bertz CT molecular complexity index is 510. The lowest BCUT2D eigenvalue weighted by Gasteiger charge is -2.48. The van der Waals surface area contributed by atoms with Gasteiger partial charge in [0, 0.05) is 11.8 Å². The first-order valence-electron chi connectivity index (χ1n) is 9.82. The van der Waals surface area contributed by atoms with Crippen LogP contribution >= 0.6 is 0 Å². The molecule has 0 heterocycles. The molecule has 0 unspecified atom stereocenters. The standard InChI is InChI=1S/C20H28O/c21-17-9-13-3-1-11-5-7-15(18(11)13)20(17)10-14-4-2-12-6-8-16(20)19(12)14/h11-16,18-19H,1-10H2/t11-,12+,13+,14+,15-,16-,18+,19-,20+/m1/s1. The van der Waals surface area contributed by atoms with Crippen LogP contribution in [0.25, 0.3) is 0 Å². The summed E-state index contributed by atoms with van der Waals surface area (Å²) in [4.78, 5) is 13.4. The molecule has 6 aliphatic carbocycles. The summed E-state index contributed by atoms with van der Waals surface area (Å²) in [7, 11) is 0. The second-order valence-corrected chi connectivity index (χ2v) is 9.59. The molecule has 114 valence electrons. The number of hydrogen-bond donors (Lipinski definition) is 0. The van der Waals surface area contributed by atoms with Gasteiger partial charge in [-0.05, 0) is 105 Å². The van der Waals surface area contributed by atoms with Crippen LogP contribution in [0.3, 0.4) is 0 Å². The van der Waals surface area contributed by atoms with Crippen LogP contribution in [0.2, 0.25) is 0 Å². The van der Waals surface area contributed by atoms with Gasteiger partial charge in [0.05, 0.1) is 0 Å². The minimum Gasteiger partial charge on any atom is -0.299 e. The largest absolute Gasteiger partial charge is 0.299 e. The zero-order valence-electron chi connectivity index (χ0n) is 13.1. The van der Waals surface area contributed by atoms with Crippen molar-refractivity contribution in [3.05, 3.63) is 0 Å². The van der Waals surface area contributed by atoms with Crippen molar-refractivity contribution in [2.75, 3.05) is 0 Å². The Balaban J connectivity index is 1.47. The van der Waals surface area contributed by atoms with Crippen molar-refractivity contribution in [3.63, 3.8) is 0 Å². The monoisotopic (exact) mass is 284 g/mol. The predicted molar refractivity (Wildman–Crippen MR) is 81.5 cm³/mol. The first kappa shape index (κ1) is 12.1. The third kappa shape index (κ3) is 1.23. The van der Waals surface area contributed by atoms with Gasteiger partial charge in [0.1, 0.15) is 5.78 Å². The lowest BCUT2D eigenvalue weighted by atomic mass is 9.54. The molecule has 0 N–H and O–H groups in total. The molecule has 0 aromatic carbocycles. The highest BCUT2D eigenvalue weighted by atomic mass is 16.1. The van der Waals surface area contributed by atoms with Crippen molar-refractivity contribution < 1.29 is 4.79 Å². The van der Waals surface area contributed by atoms with E-state index in [9.17, 15) is 4.79 Å². The van der Waals surface area contributed by atoms with Gasteiger partial charge in [0.2, 0.25) is 0 Å². The molecule has 0 saturated heterocycles. The molecule has 6 aliphatic rings. The fraction of sp³-hybridized carbons (Fsp3) is 0.950. The molecule has 1 nitrogen and oxygen atoms in total. The summed E-state index contributed by atoms with van der Waals surface area (Å²) in [6, 6.07) is 0. The highest BCUT2D eigenvalue weighted by molar-refractivity contribution is 5.87.